The van der Waals surface area contributed by atoms with Crippen LogP contribution in [0.3, 0.4) is 0 Å². The van der Waals surface area contributed by atoms with Crippen LogP contribution in [-0.4, -0.2) is 86.0 Å². The van der Waals surface area contributed by atoms with Crippen molar-refractivity contribution in [3.05, 3.63) is 0 Å². The molecule has 0 aromatic heterocycles. The number of hydrogen-bond acceptors (Lipinski definition) is 6. The highest BCUT2D eigenvalue weighted by atomic mass is 32.2. The zero-order valence-corrected chi connectivity index (χ0v) is 16.1. The number of aliphatic hydroxyl groups excluding tert-OH is 2. The van der Waals surface area contributed by atoms with Crippen LogP contribution in [0, 0.1) is 0 Å². The second kappa shape index (κ2) is 12.2. The smallest absolute Gasteiger partial charge is 0.126 e. The summed E-state index contributed by atoms with van der Waals surface area (Å²) in [5.41, 5.74) is 0. The van der Waals surface area contributed by atoms with Gasteiger partial charge in [0.05, 0.1) is 36.6 Å². The van der Waals surface area contributed by atoms with E-state index in [9.17, 15) is 23.2 Å². The van der Waals surface area contributed by atoms with Gasteiger partial charge in [0.1, 0.15) is 25.3 Å². The molecule has 0 aliphatic carbocycles. The molecule has 0 rings (SSSR count). The van der Waals surface area contributed by atoms with E-state index in [1.165, 1.54) is 25.7 Å². The molecule has 0 aromatic carbocycles. The fourth-order valence-electron chi connectivity index (χ4n) is 2.76. The molecule has 0 aromatic rings. The Morgan fingerprint density at radius 2 is 1.54 bits per heavy atom. The van der Waals surface area contributed by atoms with Gasteiger partial charge in [0.2, 0.25) is 0 Å². The summed E-state index contributed by atoms with van der Waals surface area (Å²) < 4.78 is 37.6. The Kier molecular flexibility index (Phi) is 12.0. The zero-order valence-electron chi connectivity index (χ0n) is 15.3. The minimum absolute atomic E-state index is 0.0793. The van der Waals surface area contributed by atoms with Crippen LogP contribution < -0.4 is 0 Å². The molecule has 0 fully saturated rings. The van der Waals surface area contributed by atoms with E-state index in [1.54, 1.807) is 14.1 Å². The van der Waals surface area contributed by atoms with Crippen molar-refractivity contribution >= 4 is 10.1 Å². The summed E-state index contributed by atoms with van der Waals surface area (Å²) in [6.07, 6.45) is 5.14. The van der Waals surface area contributed by atoms with Crippen molar-refractivity contribution in [2.45, 2.75) is 57.7 Å². The molecular weight excluding hydrogens is 334 g/mol. The number of unbranched alkanes of at least 4 members (excludes halogenated alkanes) is 5. The third-order valence-electron chi connectivity index (χ3n) is 3.76. The SMILES string of the molecule is CCCCCCCCOCC(O)C[N+](C)(C)CC(O)CS(=O)(=O)[O-]. The highest BCUT2D eigenvalue weighted by Crippen LogP contribution is 2.07. The molecule has 2 atom stereocenters. The number of rotatable bonds is 15. The maximum atomic E-state index is 10.6. The van der Waals surface area contributed by atoms with Gasteiger partial charge >= 0.3 is 0 Å². The highest BCUT2D eigenvalue weighted by molar-refractivity contribution is 7.85. The van der Waals surface area contributed by atoms with E-state index in [2.05, 4.69) is 6.92 Å². The summed E-state index contributed by atoms with van der Waals surface area (Å²) >= 11 is 0. The van der Waals surface area contributed by atoms with Crippen molar-refractivity contribution in [3.8, 4) is 0 Å². The van der Waals surface area contributed by atoms with Gasteiger partial charge in [0.25, 0.3) is 0 Å². The lowest BCUT2D eigenvalue weighted by atomic mass is 10.1. The summed E-state index contributed by atoms with van der Waals surface area (Å²) in [5.74, 6) is -0.806. The van der Waals surface area contributed by atoms with Crippen LogP contribution in [0.1, 0.15) is 45.4 Å². The van der Waals surface area contributed by atoms with Gasteiger partial charge in [-0.3, -0.25) is 0 Å². The van der Waals surface area contributed by atoms with Crippen molar-refractivity contribution in [1.82, 2.24) is 0 Å². The van der Waals surface area contributed by atoms with E-state index < -0.39 is 28.1 Å². The normalized spacial score (nSPS) is 15.4. The van der Waals surface area contributed by atoms with E-state index in [1.807, 2.05) is 0 Å². The van der Waals surface area contributed by atoms with Gasteiger partial charge in [-0.25, -0.2) is 8.42 Å². The van der Waals surface area contributed by atoms with Gasteiger partial charge in [-0.15, -0.1) is 0 Å². The summed E-state index contributed by atoms with van der Waals surface area (Å²) in [5, 5.41) is 19.7. The molecule has 0 aliphatic rings. The number of hydrogen-bond donors (Lipinski definition) is 2. The highest BCUT2D eigenvalue weighted by Gasteiger charge is 2.25. The maximum absolute atomic E-state index is 10.6. The first-order chi connectivity index (χ1) is 11.1. The molecule has 8 heteroatoms. The Morgan fingerprint density at radius 3 is 2.12 bits per heavy atom. The molecule has 0 aliphatic heterocycles. The monoisotopic (exact) mass is 369 g/mol. The molecule has 2 N–H and O–H groups in total. The molecule has 0 spiro atoms. The van der Waals surface area contributed by atoms with Crippen LogP contribution in [0.15, 0.2) is 0 Å². The van der Waals surface area contributed by atoms with Gasteiger partial charge in [0.15, 0.2) is 0 Å². The lowest BCUT2D eigenvalue weighted by Crippen LogP contribution is -2.51. The standard InChI is InChI=1S/C16H35NO6S/c1-4-5-6-7-8-9-10-23-13-15(18)11-17(2,3)12-16(19)14-24(20,21)22/h15-16,18-19H,4-14H2,1-3H3. The average molecular weight is 370 g/mol. The first-order valence-electron chi connectivity index (χ1n) is 8.75. The summed E-state index contributed by atoms with van der Waals surface area (Å²) in [6, 6.07) is 0. The number of nitrogens with zero attached hydrogens (tertiary/aromatic N) is 1. The van der Waals surface area contributed by atoms with Crippen molar-refractivity contribution in [3.63, 3.8) is 0 Å². The minimum atomic E-state index is -4.45. The van der Waals surface area contributed by atoms with E-state index in [4.69, 9.17) is 4.74 Å². The Bertz CT molecular complexity index is 413. The first-order valence-corrected chi connectivity index (χ1v) is 10.3. The molecule has 0 amide bonds. The number of quaternary nitrogens is 1. The van der Waals surface area contributed by atoms with Gasteiger partial charge in [-0.2, -0.15) is 0 Å². The van der Waals surface area contributed by atoms with Crippen molar-refractivity contribution in [2.75, 3.05) is 46.2 Å². The Labute approximate surface area is 147 Å². The maximum Gasteiger partial charge on any atom is 0.126 e. The predicted octanol–water partition coefficient (Wildman–Crippen LogP) is 0.707. The average Bonchev–Trinajstić information content (AvgIpc) is 2.38. The lowest BCUT2D eigenvalue weighted by molar-refractivity contribution is -0.896. The Balaban J connectivity index is 3.85. The molecule has 146 valence electrons. The third-order valence-corrected chi connectivity index (χ3v) is 4.55. The molecule has 0 saturated carbocycles. The van der Waals surface area contributed by atoms with Gasteiger partial charge < -0.3 is 24.0 Å². The van der Waals surface area contributed by atoms with Crippen LogP contribution in [0.25, 0.3) is 0 Å². The number of likely N-dealkylation sites (N-methyl/N-ethyl adjacent to an activating group) is 1. The topological polar surface area (TPSA) is 107 Å². The Morgan fingerprint density at radius 1 is 1.00 bits per heavy atom. The second-order valence-corrected chi connectivity index (χ2v) is 8.62. The summed E-state index contributed by atoms with van der Waals surface area (Å²) in [6.45, 7) is 3.41. The molecule has 24 heavy (non-hydrogen) atoms. The van der Waals surface area contributed by atoms with Crippen LogP contribution in [-0.2, 0) is 14.9 Å². The summed E-state index contributed by atoms with van der Waals surface area (Å²) in [7, 11) is -0.928. The van der Waals surface area contributed by atoms with Gasteiger partial charge in [0, 0.05) is 6.61 Å². The van der Waals surface area contributed by atoms with Crippen molar-refractivity contribution in [2.24, 2.45) is 0 Å². The fourth-order valence-corrected chi connectivity index (χ4v) is 3.34. The van der Waals surface area contributed by atoms with Gasteiger partial charge in [-0.05, 0) is 6.42 Å². The fraction of sp³-hybridized carbons (Fsp3) is 1.00. The molecule has 0 heterocycles. The molecular formula is C16H35NO6S. The molecule has 7 nitrogen and oxygen atoms in total. The van der Waals surface area contributed by atoms with E-state index in [-0.39, 0.29) is 17.6 Å². The van der Waals surface area contributed by atoms with Crippen LogP contribution in [0.2, 0.25) is 0 Å². The van der Waals surface area contributed by atoms with Crippen LogP contribution >= 0.6 is 0 Å². The van der Waals surface area contributed by atoms with Crippen LogP contribution in [0.5, 0.6) is 0 Å². The number of ether oxygens (including phenoxy) is 1. The molecule has 0 bridgehead atoms. The van der Waals surface area contributed by atoms with Crippen molar-refractivity contribution in [1.29, 1.82) is 0 Å². The Hall–Kier alpha value is -0.250. The van der Waals surface area contributed by atoms with Crippen LogP contribution in [0.4, 0.5) is 0 Å². The molecule has 0 saturated heterocycles. The minimum Gasteiger partial charge on any atom is -0.748 e. The first kappa shape index (κ1) is 23.8. The summed E-state index contributed by atoms with van der Waals surface area (Å²) in [4.78, 5) is 0. The third kappa shape index (κ3) is 15.3. The van der Waals surface area contributed by atoms with Gasteiger partial charge in [-0.1, -0.05) is 39.0 Å². The van der Waals surface area contributed by atoms with Crippen molar-refractivity contribution < 1.29 is 32.4 Å². The lowest BCUT2D eigenvalue weighted by Gasteiger charge is -2.33. The predicted molar refractivity (Wildman–Crippen MR) is 92.6 cm³/mol. The second-order valence-electron chi connectivity index (χ2n) is 7.18. The largest absolute Gasteiger partial charge is 0.748 e. The van der Waals surface area contributed by atoms with E-state index in [0.717, 1.165) is 12.8 Å². The zero-order chi connectivity index (χ0) is 18.6. The number of aliphatic hydroxyl groups is 2. The van der Waals surface area contributed by atoms with E-state index in [0.29, 0.717) is 13.2 Å². The molecule has 2 unspecified atom stereocenters. The molecule has 0 radical (unpaired) electrons. The quantitative estimate of drug-likeness (QED) is 0.250. The van der Waals surface area contributed by atoms with E-state index >= 15 is 0 Å².